The lowest BCUT2D eigenvalue weighted by molar-refractivity contribution is 0.0328. The molecule has 0 saturated carbocycles. The highest BCUT2D eigenvalue weighted by molar-refractivity contribution is 5.88. The minimum Gasteiger partial charge on any atom is -0.458 e. The molecule has 1 unspecified atom stereocenters. The van der Waals surface area contributed by atoms with Crippen molar-refractivity contribution in [1.82, 2.24) is 9.38 Å². The standard InChI is InChI=1S/C13H16N2O2/c1-4-10(3)17-13(16)11-8-15-6-5-9(2)7-12(15)14-11/h5-8,10H,4H2,1-3H3. The van der Waals surface area contributed by atoms with Gasteiger partial charge < -0.3 is 9.14 Å². The van der Waals surface area contributed by atoms with E-state index >= 15 is 0 Å². The van der Waals surface area contributed by atoms with Gasteiger partial charge in [0, 0.05) is 12.4 Å². The van der Waals surface area contributed by atoms with Crippen molar-refractivity contribution in [2.45, 2.75) is 33.3 Å². The molecule has 1 atom stereocenters. The first-order valence-electron chi connectivity index (χ1n) is 5.76. The highest BCUT2D eigenvalue weighted by Crippen LogP contribution is 2.10. The molecule has 0 bridgehead atoms. The molecule has 4 nitrogen and oxygen atoms in total. The number of nitrogens with zero attached hydrogens (tertiary/aromatic N) is 2. The molecule has 2 rings (SSSR count). The first kappa shape index (κ1) is 11.6. The Morgan fingerprint density at radius 1 is 1.59 bits per heavy atom. The molecule has 0 saturated heterocycles. The molecule has 0 fully saturated rings. The van der Waals surface area contributed by atoms with Gasteiger partial charge in [-0.25, -0.2) is 9.78 Å². The molecule has 0 spiro atoms. The van der Waals surface area contributed by atoms with Crippen LogP contribution in [0.5, 0.6) is 0 Å². The summed E-state index contributed by atoms with van der Waals surface area (Å²) in [4.78, 5) is 16.0. The number of imidazole rings is 1. The highest BCUT2D eigenvalue weighted by Gasteiger charge is 2.14. The summed E-state index contributed by atoms with van der Waals surface area (Å²) in [5.74, 6) is -0.360. The average Bonchev–Trinajstić information content (AvgIpc) is 2.71. The van der Waals surface area contributed by atoms with Crippen LogP contribution in [-0.2, 0) is 4.74 Å². The quantitative estimate of drug-likeness (QED) is 0.764. The smallest absolute Gasteiger partial charge is 0.358 e. The van der Waals surface area contributed by atoms with Crippen LogP contribution in [0.15, 0.2) is 24.5 Å². The van der Waals surface area contributed by atoms with Gasteiger partial charge in [0.25, 0.3) is 0 Å². The number of carbonyl (C=O) groups is 1. The Morgan fingerprint density at radius 2 is 2.35 bits per heavy atom. The van der Waals surface area contributed by atoms with Gasteiger partial charge in [-0.3, -0.25) is 0 Å². The van der Waals surface area contributed by atoms with Crippen LogP contribution in [0, 0.1) is 6.92 Å². The highest BCUT2D eigenvalue weighted by atomic mass is 16.5. The maximum atomic E-state index is 11.8. The normalized spacial score (nSPS) is 12.6. The molecule has 0 N–H and O–H groups in total. The fraction of sp³-hybridized carbons (Fsp3) is 0.385. The Bertz CT molecular complexity index is 545. The first-order valence-corrected chi connectivity index (χ1v) is 5.76. The molecule has 0 aliphatic heterocycles. The molecule has 0 radical (unpaired) electrons. The van der Waals surface area contributed by atoms with E-state index < -0.39 is 0 Å². The van der Waals surface area contributed by atoms with Crippen molar-refractivity contribution in [2.75, 3.05) is 0 Å². The summed E-state index contributed by atoms with van der Waals surface area (Å²) in [7, 11) is 0. The number of hydrogen-bond donors (Lipinski definition) is 0. The fourth-order valence-corrected chi connectivity index (χ4v) is 1.51. The van der Waals surface area contributed by atoms with Crippen LogP contribution in [0.3, 0.4) is 0 Å². The van der Waals surface area contributed by atoms with Crippen LogP contribution in [0.1, 0.15) is 36.3 Å². The zero-order valence-electron chi connectivity index (χ0n) is 10.3. The number of pyridine rings is 1. The number of rotatable bonds is 3. The second-order valence-corrected chi connectivity index (χ2v) is 4.22. The second kappa shape index (κ2) is 4.57. The van der Waals surface area contributed by atoms with E-state index in [1.54, 1.807) is 6.20 Å². The summed E-state index contributed by atoms with van der Waals surface area (Å²) >= 11 is 0. The van der Waals surface area contributed by atoms with E-state index in [4.69, 9.17) is 4.74 Å². The SMILES string of the molecule is CCC(C)OC(=O)c1cn2ccc(C)cc2n1. The molecule has 2 aromatic heterocycles. The topological polar surface area (TPSA) is 43.6 Å². The summed E-state index contributed by atoms with van der Waals surface area (Å²) in [5.41, 5.74) is 2.24. The van der Waals surface area contributed by atoms with Crippen LogP contribution in [-0.4, -0.2) is 21.5 Å². The Labute approximate surface area is 100 Å². The van der Waals surface area contributed by atoms with Crippen LogP contribution >= 0.6 is 0 Å². The molecule has 2 heterocycles. The van der Waals surface area contributed by atoms with Gasteiger partial charge in [-0.05, 0) is 38.0 Å². The van der Waals surface area contributed by atoms with Crippen LogP contribution in [0.25, 0.3) is 5.65 Å². The van der Waals surface area contributed by atoms with Gasteiger partial charge in [0.05, 0.1) is 6.10 Å². The minimum atomic E-state index is -0.360. The van der Waals surface area contributed by atoms with Crippen molar-refractivity contribution in [3.63, 3.8) is 0 Å². The molecule has 0 aliphatic carbocycles. The van der Waals surface area contributed by atoms with E-state index in [1.807, 2.05) is 43.5 Å². The second-order valence-electron chi connectivity index (χ2n) is 4.22. The predicted molar refractivity (Wildman–Crippen MR) is 65.1 cm³/mol. The van der Waals surface area contributed by atoms with Gasteiger partial charge >= 0.3 is 5.97 Å². The number of aryl methyl sites for hydroxylation is 1. The summed E-state index contributed by atoms with van der Waals surface area (Å²) in [5, 5.41) is 0. The van der Waals surface area contributed by atoms with Gasteiger partial charge in [-0.15, -0.1) is 0 Å². The number of carbonyl (C=O) groups excluding carboxylic acids is 1. The number of fused-ring (bicyclic) bond motifs is 1. The third kappa shape index (κ3) is 2.46. The lowest BCUT2D eigenvalue weighted by Crippen LogP contribution is -2.14. The Kier molecular flexibility index (Phi) is 3.13. The van der Waals surface area contributed by atoms with Gasteiger partial charge in [-0.2, -0.15) is 0 Å². The van der Waals surface area contributed by atoms with E-state index in [9.17, 15) is 4.79 Å². The van der Waals surface area contributed by atoms with Gasteiger partial charge in [0.2, 0.25) is 0 Å². The van der Waals surface area contributed by atoms with Crippen molar-refractivity contribution in [3.05, 3.63) is 35.8 Å². The average molecular weight is 232 g/mol. The Balaban J connectivity index is 2.27. The molecule has 0 amide bonds. The van der Waals surface area contributed by atoms with Crippen LogP contribution < -0.4 is 0 Å². The zero-order valence-corrected chi connectivity index (χ0v) is 10.3. The zero-order chi connectivity index (χ0) is 12.4. The maximum absolute atomic E-state index is 11.8. The van der Waals surface area contributed by atoms with Crippen molar-refractivity contribution in [2.24, 2.45) is 0 Å². The third-order valence-corrected chi connectivity index (χ3v) is 2.71. The van der Waals surface area contributed by atoms with Crippen molar-refractivity contribution in [1.29, 1.82) is 0 Å². The molecule has 0 aromatic carbocycles. The number of ether oxygens (including phenoxy) is 1. The van der Waals surface area contributed by atoms with Crippen LogP contribution in [0.2, 0.25) is 0 Å². The molecular formula is C13H16N2O2. The van der Waals surface area contributed by atoms with E-state index in [0.29, 0.717) is 5.69 Å². The molecule has 4 heteroatoms. The molecule has 90 valence electrons. The lowest BCUT2D eigenvalue weighted by atomic mass is 10.3. The summed E-state index contributed by atoms with van der Waals surface area (Å²) < 4.78 is 7.05. The van der Waals surface area contributed by atoms with Gasteiger partial charge in [0.15, 0.2) is 5.69 Å². The van der Waals surface area contributed by atoms with E-state index in [2.05, 4.69) is 4.98 Å². The lowest BCUT2D eigenvalue weighted by Gasteiger charge is -2.08. The molecule has 17 heavy (non-hydrogen) atoms. The predicted octanol–water partition coefficient (Wildman–Crippen LogP) is 2.60. The maximum Gasteiger partial charge on any atom is 0.358 e. The number of esters is 1. The third-order valence-electron chi connectivity index (χ3n) is 2.71. The number of hydrogen-bond acceptors (Lipinski definition) is 3. The summed E-state index contributed by atoms with van der Waals surface area (Å²) in [6, 6.07) is 3.90. The largest absolute Gasteiger partial charge is 0.458 e. The Hall–Kier alpha value is -1.84. The van der Waals surface area contributed by atoms with Gasteiger partial charge in [-0.1, -0.05) is 6.92 Å². The summed E-state index contributed by atoms with van der Waals surface area (Å²) in [6.07, 6.45) is 4.31. The first-order chi connectivity index (χ1) is 8.10. The Morgan fingerprint density at radius 3 is 3.06 bits per heavy atom. The van der Waals surface area contributed by atoms with Gasteiger partial charge in [0.1, 0.15) is 5.65 Å². The van der Waals surface area contributed by atoms with Crippen LogP contribution in [0.4, 0.5) is 0 Å². The van der Waals surface area contributed by atoms with E-state index in [-0.39, 0.29) is 12.1 Å². The van der Waals surface area contributed by atoms with E-state index in [0.717, 1.165) is 17.6 Å². The monoisotopic (exact) mass is 232 g/mol. The fourth-order valence-electron chi connectivity index (χ4n) is 1.51. The summed E-state index contributed by atoms with van der Waals surface area (Å²) in [6.45, 7) is 5.84. The van der Waals surface area contributed by atoms with Crippen molar-refractivity contribution >= 4 is 11.6 Å². The van der Waals surface area contributed by atoms with Crippen molar-refractivity contribution in [3.8, 4) is 0 Å². The number of aromatic nitrogens is 2. The molecular weight excluding hydrogens is 216 g/mol. The van der Waals surface area contributed by atoms with Crippen molar-refractivity contribution < 1.29 is 9.53 Å². The minimum absolute atomic E-state index is 0.0750. The molecule has 0 aliphatic rings. The van der Waals surface area contributed by atoms with E-state index in [1.165, 1.54) is 0 Å². The molecule has 2 aromatic rings.